The molecule has 0 aromatic heterocycles. The second-order valence-corrected chi connectivity index (χ2v) is 5.67. The Balaban J connectivity index is 2.55. The van der Waals surface area contributed by atoms with Crippen LogP contribution in [0.3, 0.4) is 0 Å². The number of rotatable bonds is 7. The topological polar surface area (TPSA) is 20.3 Å². The van der Waals surface area contributed by atoms with Crippen molar-refractivity contribution in [1.29, 1.82) is 0 Å². The Hall–Kier alpha value is -1.15. The molecule has 1 aromatic rings. The predicted octanol–water partition coefficient (Wildman–Crippen LogP) is 4.00. The summed E-state index contributed by atoms with van der Waals surface area (Å²) in [7, 11) is 2.11. The molecule has 0 aliphatic heterocycles. The molecule has 0 fully saturated rings. The third-order valence-electron chi connectivity index (χ3n) is 3.69. The quantitative estimate of drug-likeness (QED) is 0.692. The summed E-state index contributed by atoms with van der Waals surface area (Å²) in [6.45, 7) is 9.35. The fourth-order valence-corrected chi connectivity index (χ4v) is 2.42. The van der Waals surface area contributed by atoms with Gasteiger partial charge in [0, 0.05) is 24.6 Å². The van der Waals surface area contributed by atoms with Crippen LogP contribution in [-0.2, 0) is 0 Å². The van der Waals surface area contributed by atoms with E-state index in [4.69, 9.17) is 0 Å². The molecule has 0 N–H and O–H groups in total. The average molecular weight is 261 g/mol. The first-order valence-corrected chi connectivity index (χ1v) is 7.25. The van der Waals surface area contributed by atoms with Crippen LogP contribution in [0.4, 0.5) is 0 Å². The van der Waals surface area contributed by atoms with Gasteiger partial charge in [-0.15, -0.1) is 0 Å². The maximum absolute atomic E-state index is 12.2. The molecule has 0 saturated carbocycles. The highest BCUT2D eigenvalue weighted by Gasteiger charge is 2.12. The number of carbonyl (C=O) groups is 1. The lowest BCUT2D eigenvalue weighted by atomic mass is 10.0. The molecule has 0 saturated heterocycles. The minimum Gasteiger partial charge on any atom is -0.303 e. The molecule has 19 heavy (non-hydrogen) atoms. The number of Topliss-reactive ketones (excluding diaryl/α,β-unsaturated/α-hetero) is 1. The molecule has 0 amide bonds. The highest BCUT2D eigenvalue weighted by atomic mass is 16.1. The highest BCUT2D eigenvalue weighted by Crippen LogP contribution is 2.12. The van der Waals surface area contributed by atoms with Crippen molar-refractivity contribution in [3.63, 3.8) is 0 Å². The van der Waals surface area contributed by atoms with Crippen LogP contribution in [0.5, 0.6) is 0 Å². The molecule has 0 bridgehead atoms. The van der Waals surface area contributed by atoms with Gasteiger partial charge in [0.15, 0.2) is 5.78 Å². The first-order chi connectivity index (χ1) is 8.93. The van der Waals surface area contributed by atoms with Crippen molar-refractivity contribution >= 4 is 5.78 Å². The van der Waals surface area contributed by atoms with Crippen molar-refractivity contribution in [3.8, 4) is 0 Å². The lowest BCUT2D eigenvalue weighted by Crippen LogP contribution is -2.31. The van der Waals surface area contributed by atoms with E-state index in [0.717, 1.165) is 23.2 Å². The van der Waals surface area contributed by atoms with Crippen molar-refractivity contribution in [2.45, 2.75) is 53.0 Å². The highest BCUT2D eigenvalue weighted by molar-refractivity contribution is 5.96. The molecule has 1 atom stereocenters. The van der Waals surface area contributed by atoms with Crippen molar-refractivity contribution < 1.29 is 4.79 Å². The molecule has 1 rings (SSSR count). The largest absolute Gasteiger partial charge is 0.303 e. The molecule has 2 heteroatoms. The van der Waals surface area contributed by atoms with Gasteiger partial charge < -0.3 is 4.90 Å². The Labute approximate surface area is 117 Å². The van der Waals surface area contributed by atoms with E-state index in [2.05, 4.69) is 31.9 Å². The molecule has 0 heterocycles. The Kier molecular flexibility index (Phi) is 6.23. The second kappa shape index (κ2) is 7.44. The van der Waals surface area contributed by atoms with Crippen LogP contribution in [0.15, 0.2) is 18.2 Å². The minimum absolute atomic E-state index is 0.252. The van der Waals surface area contributed by atoms with E-state index in [-0.39, 0.29) is 5.78 Å². The van der Waals surface area contributed by atoms with Crippen LogP contribution in [0.25, 0.3) is 0 Å². The maximum atomic E-state index is 12.2. The zero-order valence-electron chi connectivity index (χ0n) is 13.0. The number of benzene rings is 1. The fraction of sp³-hybridized carbons (Fsp3) is 0.588. The zero-order valence-corrected chi connectivity index (χ0v) is 13.0. The van der Waals surface area contributed by atoms with Crippen molar-refractivity contribution in [1.82, 2.24) is 4.90 Å². The molecular weight excluding hydrogens is 234 g/mol. The lowest BCUT2D eigenvalue weighted by molar-refractivity contribution is 0.0961. The average Bonchev–Trinajstić information content (AvgIpc) is 2.34. The van der Waals surface area contributed by atoms with Gasteiger partial charge in [-0.1, -0.05) is 30.5 Å². The molecule has 0 radical (unpaired) electrons. The van der Waals surface area contributed by atoms with E-state index in [1.807, 2.05) is 26.0 Å². The van der Waals surface area contributed by atoms with Gasteiger partial charge in [-0.05, 0) is 46.4 Å². The number of hydrogen-bond donors (Lipinski definition) is 0. The van der Waals surface area contributed by atoms with E-state index >= 15 is 0 Å². The standard InChI is InChI=1S/C17H27NO/c1-6-7-15(4)18(5)9-8-17(19)16-11-13(2)10-14(3)12-16/h10-12,15H,6-9H2,1-5H3. The second-order valence-electron chi connectivity index (χ2n) is 5.67. The van der Waals surface area contributed by atoms with Crippen molar-refractivity contribution in [2.75, 3.05) is 13.6 Å². The van der Waals surface area contributed by atoms with Gasteiger partial charge in [-0.25, -0.2) is 0 Å². The molecule has 0 aliphatic rings. The Morgan fingerprint density at radius 3 is 2.32 bits per heavy atom. The first kappa shape index (κ1) is 15.9. The SMILES string of the molecule is CCCC(C)N(C)CCC(=O)c1cc(C)cc(C)c1. The monoisotopic (exact) mass is 261 g/mol. The van der Waals surface area contributed by atoms with Crippen LogP contribution in [-0.4, -0.2) is 30.3 Å². The smallest absolute Gasteiger partial charge is 0.164 e. The van der Waals surface area contributed by atoms with E-state index in [0.29, 0.717) is 12.5 Å². The van der Waals surface area contributed by atoms with Crippen molar-refractivity contribution in [3.05, 3.63) is 34.9 Å². The van der Waals surface area contributed by atoms with Crippen LogP contribution in [0.1, 0.15) is 54.6 Å². The van der Waals surface area contributed by atoms with Crippen LogP contribution in [0, 0.1) is 13.8 Å². The molecule has 1 unspecified atom stereocenters. The molecule has 106 valence electrons. The van der Waals surface area contributed by atoms with Crippen molar-refractivity contribution in [2.24, 2.45) is 0 Å². The minimum atomic E-state index is 0.252. The van der Waals surface area contributed by atoms with E-state index in [1.54, 1.807) is 0 Å². The van der Waals surface area contributed by atoms with E-state index < -0.39 is 0 Å². The van der Waals surface area contributed by atoms with Gasteiger partial charge >= 0.3 is 0 Å². The van der Waals surface area contributed by atoms with Crippen LogP contribution >= 0.6 is 0 Å². The van der Waals surface area contributed by atoms with Crippen LogP contribution in [0.2, 0.25) is 0 Å². The lowest BCUT2D eigenvalue weighted by Gasteiger charge is -2.23. The summed E-state index contributed by atoms with van der Waals surface area (Å²) < 4.78 is 0. The van der Waals surface area contributed by atoms with Gasteiger partial charge in [0.25, 0.3) is 0 Å². The molecule has 2 nitrogen and oxygen atoms in total. The Bertz CT molecular complexity index is 405. The number of carbonyl (C=O) groups excluding carboxylic acids is 1. The third kappa shape index (κ3) is 5.15. The zero-order chi connectivity index (χ0) is 14.4. The Morgan fingerprint density at radius 2 is 1.79 bits per heavy atom. The van der Waals surface area contributed by atoms with E-state index in [1.165, 1.54) is 12.8 Å². The summed E-state index contributed by atoms with van der Waals surface area (Å²) in [5, 5.41) is 0. The molecule has 0 aliphatic carbocycles. The summed E-state index contributed by atoms with van der Waals surface area (Å²) in [5.74, 6) is 0.252. The van der Waals surface area contributed by atoms with Gasteiger partial charge in [-0.3, -0.25) is 4.79 Å². The summed E-state index contributed by atoms with van der Waals surface area (Å²) >= 11 is 0. The van der Waals surface area contributed by atoms with Gasteiger partial charge in [-0.2, -0.15) is 0 Å². The normalized spacial score (nSPS) is 12.7. The van der Waals surface area contributed by atoms with E-state index in [9.17, 15) is 4.79 Å². The number of hydrogen-bond acceptors (Lipinski definition) is 2. The molecule has 1 aromatic carbocycles. The Morgan fingerprint density at radius 1 is 1.21 bits per heavy atom. The van der Waals surface area contributed by atoms with Gasteiger partial charge in [0.2, 0.25) is 0 Å². The summed E-state index contributed by atoms with van der Waals surface area (Å²) in [6.07, 6.45) is 2.98. The summed E-state index contributed by atoms with van der Waals surface area (Å²) in [6, 6.07) is 6.64. The van der Waals surface area contributed by atoms with Gasteiger partial charge in [0.05, 0.1) is 0 Å². The first-order valence-electron chi connectivity index (χ1n) is 7.25. The number of ketones is 1. The number of nitrogens with zero attached hydrogens (tertiary/aromatic N) is 1. The summed E-state index contributed by atoms with van der Waals surface area (Å²) in [4.78, 5) is 14.5. The fourth-order valence-electron chi connectivity index (χ4n) is 2.42. The maximum Gasteiger partial charge on any atom is 0.164 e. The van der Waals surface area contributed by atoms with Gasteiger partial charge in [0.1, 0.15) is 0 Å². The third-order valence-corrected chi connectivity index (χ3v) is 3.69. The molecular formula is C17H27NO. The summed E-state index contributed by atoms with van der Waals surface area (Å²) in [5.41, 5.74) is 3.18. The van der Waals surface area contributed by atoms with Crippen LogP contribution < -0.4 is 0 Å². The molecule has 0 spiro atoms. The predicted molar refractivity (Wildman–Crippen MR) is 81.9 cm³/mol. The number of aryl methyl sites for hydroxylation is 2.